The Morgan fingerprint density at radius 1 is 1.10 bits per heavy atom. The molecule has 1 aliphatic carbocycles. The lowest BCUT2D eigenvalue weighted by atomic mass is 9.60. The predicted molar refractivity (Wildman–Crippen MR) is 177 cm³/mol. The van der Waals surface area contributed by atoms with E-state index in [9.17, 15) is 4.39 Å². The summed E-state index contributed by atoms with van der Waals surface area (Å²) in [5, 5.41) is 8.57. The smallest absolute Gasteiger partial charge is 0.319 e. The van der Waals surface area contributed by atoms with Crippen molar-refractivity contribution < 1.29 is 27.1 Å². The van der Waals surface area contributed by atoms with Crippen molar-refractivity contribution in [3.63, 3.8) is 0 Å². The molecule has 9 bridgehead atoms. The minimum Gasteiger partial charge on any atom is -0.461 e. The number of pyridine rings is 1. The number of aromatic nitrogens is 6. The fourth-order valence-corrected chi connectivity index (χ4v) is 9.62. The van der Waals surface area contributed by atoms with Crippen molar-refractivity contribution in [3.05, 3.63) is 52.7 Å². The van der Waals surface area contributed by atoms with Crippen LogP contribution in [0.2, 0.25) is 5.02 Å². The highest BCUT2D eigenvalue weighted by atomic mass is 35.5. The van der Waals surface area contributed by atoms with Gasteiger partial charge in [-0.05, 0) is 37.4 Å². The highest BCUT2D eigenvalue weighted by Gasteiger charge is 2.60. The zero-order valence-corrected chi connectivity index (χ0v) is 27.9. The maximum atomic E-state index is 17.3. The molecule has 260 valence electrons. The minimum absolute atomic E-state index is 0.00978. The molecule has 12 rings (SSSR count). The van der Waals surface area contributed by atoms with E-state index >= 15 is 8.78 Å². The van der Waals surface area contributed by atoms with Gasteiger partial charge in [0.2, 0.25) is 5.89 Å². The number of hydrogen-bond acceptors (Lipinski definition) is 10. The zero-order valence-electron chi connectivity index (χ0n) is 27.2. The molecule has 0 unspecified atom stereocenters. The van der Waals surface area contributed by atoms with Crippen LogP contribution in [0.5, 0.6) is 6.01 Å². The van der Waals surface area contributed by atoms with Crippen LogP contribution in [0.25, 0.3) is 33.1 Å². The minimum atomic E-state index is -1.75. The van der Waals surface area contributed by atoms with Crippen LogP contribution < -0.4 is 9.64 Å². The molecule has 4 fully saturated rings. The van der Waals surface area contributed by atoms with Crippen LogP contribution in [0, 0.1) is 11.2 Å². The Hall–Kier alpha value is -4.01. The number of oxazole rings is 1. The van der Waals surface area contributed by atoms with Crippen LogP contribution >= 0.6 is 11.6 Å². The molecule has 7 aliphatic rings. The van der Waals surface area contributed by atoms with Gasteiger partial charge in [-0.1, -0.05) is 11.6 Å². The van der Waals surface area contributed by atoms with E-state index in [4.69, 9.17) is 35.5 Å². The number of H-pyrrole nitrogens is 1. The first-order valence-electron chi connectivity index (χ1n) is 17.2. The van der Waals surface area contributed by atoms with Crippen LogP contribution in [0.4, 0.5) is 19.0 Å². The summed E-state index contributed by atoms with van der Waals surface area (Å²) in [6.07, 6.45) is 6.94. The second-order valence-electron chi connectivity index (χ2n) is 14.8. The molecule has 11 nitrogen and oxygen atoms in total. The molecule has 5 aromatic rings. The lowest BCUT2D eigenvalue weighted by Crippen LogP contribution is -2.54. The van der Waals surface area contributed by atoms with Crippen LogP contribution in [0.3, 0.4) is 0 Å². The summed E-state index contributed by atoms with van der Waals surface area (Å²) >= 11 is 6.87. The third kappa shape index (κ3) is 4.67. The van der Waals surface area contributed by atoms with Crippen molar-refractivity contribution in [3.8, 4) is 17.3 Å². The van der Waals surface area contributed by atoms with Crippen LogP contribution in [-0.2, 0) is 23.2 Å². The van der Waals surface area contributed by atoms with Crippen LogP contribution in [0.15, 0.2) is 29.1 Å². The summed E-state index contributed by atoms with van der Waals surface area (Å²) in [6.45, 7) is 2.90. The van der Waals surface area contributed by atoms with Gasteiger partial charge in [0.25, 0.3) is 0 Å². The van der Waals surface area contributed by atoms with E-state index in [-0.39, 0.29) is 42.6 Å². The highest BCUT2D eigenvalue weighted by molar-refractivity contribution is 6.33. The van der Waals surface area contributed by atoms with E-state index in [1.165, 1.54) is 0 Å². The zero-order chi connectivity index (χ0) is 33.8. The van der Waals surface area contributed by atoms with Gasteiger partial charge in [0.1, 0.15) is 35.6 Å². The molecule has 10 heterocycles. The second-order valence-corrected chi connectivity index (χ2v) is 15.3. The summed E-state index contributed by atoms with van der Waals surface area (Å²) in [7, 11) is 0. The second kappa shape index (κ2) is 11.0. The van der Waals surface area contributed by atoms with Gasteiger partial charge in [-0.2, -0.15) is 15.1 Å². The predicted octanol–water partition coefficient (Wildman–Crippen LogP) is 5.88. The molecule has 15 heteroatoms. The molecule has 0 radical (unpaired) electrons. The molecule has 1 N–H and O–H groups in total. The Bertz CT molecular complexity index is 2170. The van der Waals surface area contributed by atoms with Gasteiger partial charge >= 0.3 is 6.01 Å². The van der Waals surface area contributed by atoms with Crippen LogP contribution in [0.1, 0.15) is 49.3 Å². The normalized spacial score (nSPS) is 29.3. The number of fused-ring (bicyclic) bond motifs is 2. The maximum Gasteiger partial charge on any atom is 0.319 e. The molecule has 0 amide bonds. The van der Waals surface area contributed by atoms with Crippen molar-refractivity contribution in [2.45, 2.75) is 62.3 Å². The first-order chi connectivity index (χ1) is 24.2. The Morgan fingerprint density at radius 2 is 2.00 bits per heavy atom. The number of aromatic amines is 1. The van der Waals surface area contributed by atoms with Gasteiger partial charge in [-0.25, -0.2) is 18.2 Å². The number of alkyl halides is 2. The number of aryl methyl sites for hydroxylation is 1. The molecule has 1 spiro atoms. The summed E-state index contributed by atoms with van der Waals surface area (Å²) in [6, 6.07) is 1.74. The molecule has 1 aromatic carbocycles. The van der Waals surface area contributed by atoms with E-state index in [2.05, 4.69) is 25.1 Å². The molecule has 6 aliphatic heterocycles. The van der Waals surface area contributed by atoms with E-state index in [0.717, 1.165) is 19.4 Å². The van der Waals surface area contributed by atoms with Crippen LogP contribution in [-0.4, -0.2) is 92.7 Å². The summed E-state index contributed by atoms with van der Waals surface area (Å²) in [5.41, 5.74) is -0.958. The van der Waals surface area contributed by atoms with Gasteiger partial charge in [0, 0.05) is 72.9 Å². The highest BCUT2D eigenvalue weighted by Crippen LogP contribution is 2.58. The number of benzene rings is 1. The quantitative estimate of drug-likeness (QED) is 0.244. The van der Waals surface area contributed by atoms with Gasteiger partial charge in [-0.3, -0.25) is 15.0 Å². The monoisotopic (exact) mass is 706 g/mol. The van der Waals surface area contributed by atoms with Gasteiger partial charge in [0.05, 0.1) is 42.0 Å². The first-order valence-corrected chi connectivity index (χ1v) is 17.6. The van der Waals surface area contributed by atoms with Crippen molar-refractivity contribution in [2.75, 3.05) is 50.9 Å². The fourth-order valence-electron chi connectivity index (χ4n) is 9.32. The van der Waals surface area contributed by atoms with Crippen molar-refractivity contribution in [1.29, 1.82) is 0 Å². The number of nitrogens with zero attached hydrogens (tertiary/aromatic N) is 7. The molecule has 50 heavy (non-hydrogen) atoms. The number of rotatable bonds is 3. The molecule has 2 atom stereocenters. The first kappa shape index (κ1) is 30.8. The van der Waals surface area contributed by atoms with Crippen molar-refractivity contribution >= 4 is 39.2 Å². The number of hydrogen-bond donors (Lipinski definition) is 1. The third-order valence-corrected chi connectivity index (χ3v) is 11.9. The van der Waals surface area contributed by atoms with Gasteiger partial charge < -0.3 is 18.8 Å². The average Bonchev–Trinajstić information content (AvgIpc) is 3.85. The van der Waals surface area contributed by atoms with E-state index in [1.54, 1.807) is 24.7 Å². The molecular formula is C35H34ClF3N8O3. The van der Waals surface area contributed by atoms with Gasteiger partial charge in [0.15, 0.2) is 11.5 Å². The van der Waals surface area contributed by atoms with E-state index in [1.807, 2.05) is 4.90 Å². The van der Waals surface area contributed by atoms with E-state index in [0.29, 0.717) is 96.1 Å². The third-order valence-electron chi connectivity index (χ3n) is 11.5. The molecular weight excluding hydrogens is 673 g/mol. The van der Waals surface area contributed by atoms with Gasteiger partial charge in [-0.15, -0.1) is 0 Å². The summed E-state index contributed by atoms with van der Waals surface area (Å²) < 4.78 is 66.7. The van der Waals surface area contributed by atoms with Crippen molar-refractivity contribution in [1.82, 2.24) is 35.0 Å². The topological polar surface area (TPSA) is 118 Å². The SMILES string of the molecule is Fc1c2ncc3c(nc(OC[C@@]45CCCN4C[C@H](F)C5)nc13)N1CCOCC3(C1)CC(F)(C3)c1ncc(o1)CCc1c(Cl)cc3[nH]ncc3c1-2. The lowest BCUT2D eigenvalue weighted by Gasteiger charge is -2.50. The maximum absolute atomic E-state index is 17.3. The molecule has 4 aromatic heterocycles. The Morgan fingerprint density at radius 3 is 2.90 bits per heavy atom. The van der Waals surface area contributed by atoms with E-state index < -0.39 is 28.6 Å². The summed E-state index contributed by atoms with van der Waals surface area (Å²) in [4.78, 5) is 22.8. The Balaban J connectivity index is 1.16. The molecule has 3 saturated heterocycles. The summed E-state index contributed by atoms with van der Waals surface area (Å²) in [5.74, 6) is 0.311. The number of nitrogens with one attached hydrogen (secondary N) is 1. The van der Waals surface area contributed by atoms with Crippen molar-refractivity contribution in [2.24, 2.45) is 5.41 Å². The number of anilines is 1. The number of halogens is 4. The standard InChI is InChI=1S/C35H34ClF3N8O3/c36-24-8-25-22(12-42-45-25)26-21(24)3-2-20-10-41-31(50-20)35(39)14-33(15-35)16-46(6-7-48-17-33)30-23-11-40-29(26)27(38)28(23)43-32(44-30)49-18-34-4-1-5-47(34)13-19(37)9-34/h8,10-12,19H,1-7,9,13-18H2,(H,42,45)/t19-,33?,34+,35?/m1/s1. The Kier molecular flexibility index (Phi) is 6.77. The lowest BCUT2D eigenvalue weighted by molar-refractivity contribution is -0.115. The largest absolute Gasteiger partial charge is 0.461 e. The number of ether oxygens (including phenoxy) is 2. The Labute approximate surface area is 289 Å². The molecule has 1 saturated carbocycles. The average molecular weight is 707 g/mol. The fraction of sp³-hybridized carbons (Fsp3) is 0.514.